The summed E-state index contributed by atoms with van der Waals surface area (Å²) in [5, 5.41) is 5.08. The SMILES string of the molecule is Nc1ccc(Oc2ccc(Br)cc2F)c(S(N)(=O)=O)c1. The Morgan fingerprint density at radius 3 is 2.35 bits per heavy atom. The lowest BCUT2D eigenvalue weighted by Gasteiger charge is -2.11. The zero-order valence-corrected chi connectivity index (χ0v) is 12.4. The van der Waals surface area contributed by atoms with Crippen LogP contribution in [-0.2, 0) is 10.0 Å². The molecule has 0 unspecified atom stereocenters. The van der Waals surface area contributed by atoms with Gasteiger partial charge in [-0.3, -0.25) is 0 Å². The second-order valence-electron chi connectivity index (χ2n) is 3.93. The van der Waals surface area contributed by atoms with Gasteiger partial charge in [0.1, 0.15) is 10.6 Å². The Bertz CT molecular complexity index is 765. The van der Waals surface area contributed by atoms with Crippen molar-refractivity contribution in [1.29, 1.82) is 0 Å². The molecule has 0 atom stereocenters. The smallest absolute Gasteiger partial charge is 0.241 e. The standard InChI is InChI=1S/C12H10BrFN2O3S/c13-7-1-3-10(9(14)5-7)19-11-4-2-8(15)6-12(11)20(16,17)18/h1-6H,15H2,(H2,16,17,18). The molecule has 0 fully saturated rings. The largest absolute Gasteiger partial charge is 0.453 e. The molecule has 0 aliphatic carbocycles. The molecule has 20 heavy (non-hydrogen) atoms. The van der Waals surface area contributed by atoms with Crippen molar-refractivity contribution >= 4 is 31.6 Å². The Hall–Kier alpha value is -1.64. The quantitative estimate of drug-likeness (QED) is 0.822. The van der Waals surface area contributed by atoms with Crippen LogP contribution in [-0.4, -0.2) is 8.42 Å². The molecule has 5 nitrogen and oxygen atoms in total. The third kappa shape index (κ3) is 3.27. The Balaban J connectivity index is 2.49. The number of hydrogen-bond donors (Lipinski definition) is 2. The van der Waals surface area contributed by atoms with Crippen molar-refractivity contribution in [1.82, 2.24) is 0 Å². The zero-order valence-electron chi connectivity index (χ0n) is 10.0. The number of ether oxygens (including phenoxy) is 1. The summed E-state index contributed by atoms with van der Waals surface area (Å²) in [6.07, 6.45) is 0. The molecule has 0 amide bonds. The second-order valence-corrected chi connectivity index (χ2v) is 6.37. The molecule has 0 spiro atoms. The first-order valence-corrected chi connectivity index (χ1v) is 7.66. The molecular weight excluding hydrogens is 351 g/mol. The fourth-order valence-electron chi connectivity index (χ4n) is 1.51. The molecule has 0 aliphatic heterocycles. The molecule has 0 bridgehead atoms. The molecule has 0 saturated heterocycles. The summed E-state index contributed by atoms with van der Waals surface area (Å²) in [4.78, 5) is -0.306. The number of hydrogen-bond acceptors (Lipinski definition) is 4. The van der Waals surface area contributed by atoms with Gasteiger partial charge in [-0.1, -0.05) is 15.9 Å². The van der Waals surface area contributed by atoms with Gasteiger partial charge in [-0.15, -0.1) is 0 Å². The Labute approximate surface area is 123 Å². The van der Waals surface area contributed by atoms with E-state index in [1.165, 1.54) is 24.3 Å². The highest BCUT2D eigenvalue weighted by atomic mass is 79.9. The Morgan fingerprint density at radius 2 is 1.75 bits per heavy atom. The number of sulfonamides is 1. The first kappa shape index (κ1) is 14.8. The highest BCUT2D eigenvalue weighted by Gasteiger charge is 2.17. The molecule has 0 radical (unpaired) electrons. The van der Waals surface area contributed by atoms with Crippen molar-refractivity contribution in [2.75, 3.05) is 5.73 Å². The molecule has 8 heteroatoms. The number of halogens is 2. The van der Waals surface area contributed by atoms with Crippen LogP contribution in [0.3, 0.4) is 0 Å². The summed E-state index contributed by atoms with van der Waals surface area (Å²) < 4.78 is 42.4. The van der Waals surface area contributed by atoms with Gasteiger partial charge in [0.25, 0.3) is 0 Å². The molecule has 106 valence electrons. The Morgan fingerprint density at radius 1 is 1.10 bits per heavy atom. The van der Waals surface area contributed by atoms with E-state index in [-0.39, 0.29) is 22.1 Å². The van der Waals surface area contributed by atoms with Crippen molar-refractivity contribution in [3.8, 4) is 11.5 Å². The first-order valence-electron chi connectivity index (χ1n) is 5.32. The lowest BCUT2D eigenvalue weighted by atomic mass is 10.3. The third-order valence-electron chi connectivity index (χ3n) is 2.39. The molecule has 0 saturated carbocycles. The van der Waals surface area contributed by atoms with Crippen LogP contribution in [0.2, 0.25) is 0 Å². The average molecular weight is 361 g/mol. The van der Waals surface area contributed by atoms with Gasteiger partial charge in [0.15, 0.2) is 11.6 Å². The van der Waals surface area contributed by atoms with Crippen molar-refractivity contribution < 1.29 is 17.5 Å². The summed E-state index contributed by atoms with van der Waals surface area (Å²) >= 11 is 3.11. The van der Waals surface area contributed by atoms with E-state index in [0.29, 0.717) is 4.47 Å². The molecule has 2 aromatic rings. The van der Waals surface area contributed by atoms with Gasteiger partial charge in [-0.2, -0.15) is 0 Å². The topological polar surface area (TPSA) is 95.4 Å². The van der Waals surface area contributed by atoms with Crippen molar-refractivity contribution in [2.24, 2.45) is 5.14 Å². The van der Waals surface area contributed by atoms with E-state index in [2.05, 4.69) is 15.9 Å². The van der Waals surface area contributed by atoms with E-state index < -0.39 is 15.8 Å². The van der Waals surface area contributed by atoms with Crippen molar-refractivity contribution in [2.45, 2.75) is 4.90 Å². The predicted molar refractivity (Wildman–Crippen MR) is 76.4 cm³/mol. The van der Waals surface area contributed by atoms with Crippen LogP contribution in [0.1, 0.15) is 0 Å². The van der Waals surface area contributed by atoms with Gasteiger partial charge in [0.2, 0.25) is 10.0 Å². The normalized spacial score (nSPS) is 11.3. The first-order chi connectivity index (χ1) is 9.27. The van der Waals surface area contributed by atoms with Gasteiger partial charge in [-0.05, 0) is 36.4 Å². The highest BCUT2D eigenvalue weighted by molar-refractivity contribution is 9.10. The van der Waals surface area contributed by atoms with E-state index in [1.807, 2.05) is 0 Å². The summed E-state index contributed by atoms with van der Waals surface area (Å²) in [6.45, 7) is 0. The van der Waals surface area contributed by atoms with Crippen LogP contribution < -0.4 is 15.6 Å². The van der Waals surface area contributed by atoms with Gasteiger partial charge in [0, 0.05) is 10.2 Å². The summed E-state index contributed by atoms with van der Waals surface area (Å²) in [7, 11) is -4.03. The minimum Gasteiger partial charge on any atom is -0.453 e. The predicted octanol–water partition coefficient (Wildman–Crippen LogP) is 2.61. The number of anilines is 1. The molecule has 2 aromatic carbocycles. The molecular formula is C12H10BrFN2O3S. The highest BCUT2D eigenvalue weighted by Crippen LogP contribution is 2.32. The van der Waals surface area contributed by atoms with E-state index in [9.17, 15) is 12.8 Å². The van der Waals surface area contributed by atoms with Gasteiger partial charge in [-0.25, -0.2) is 17.9 Å². The summed E-state index contributed by atoms with van der Waals surface area (Å²) in [5.74, 6) is -0.859. The third-order valence-corrected chi connectivity index (χ3v) is 3.81. The number of primary sulfonamides is 1. The molecule has 4 N–H and O–H groups in total. The maximum absolute atomic E-state index is 13.7. The monoisotopic (exact) mass is 360 g/mol. The Kier molecular flexibility index (Phi) is 3.98. The fraction of sp³-hybridized carbons (Fsp3) is 0. The number of nitrogens with two attached hydrogens (primary N) is 2. The molecule has 2 rings (SSSR count). The van der Waals surface area contributed by atoms with Crippen LogP contribution in [0, 0.1) is 5.82 Å². The van der Waals surface area contributed by atoms with Gasteiger partial charge >= 0.3 is 0 Å². The number of benzene rings is 2. The molecule has 0 aliphatic rings. The maximum Gasteiger partial charge on any atom is 0.241 e. The van der Waals surface area contributed by atoms with Crippen molar-refractivity contribution in [3.05, 3.63) is 46.7 Å². The van der Waals surface area contributed by atoms with Crippen LogP contribution >= 0.6 is 15.9 Å². The fourth-order valence-corrected chi connectivity index (χ4v) is 2.53. The molecule has 0 heterocycles. The van der Waals surface area contributed by atoms with Gasteiger partial charge < -0.3 is 10.5 Å². The van der Waals surface area contributed by atoms with Crippen LogP contribution in [0.4, 0.5) is 10.1 Å². The number of nitrogen functional groups attached to an aromatic ring is 1. The van der Waals surface area contributed by atoms with Gasteiger partial charge in [0.05, 0.1) is 0 Å². The average Bonchev–Trinajstić information content (AvgIpc) is 2.33. The lowest BCUT2D eigenvalue weighted by molar-refractivity contribution is 0.431. The van der Waals surface area contributed by atoms with E-state index in [4.69, 9.17) is 15.6 Å². The van der Waals surface area contributed by atoms with E-state index in [0.717, 1.165) is 6.07 Å². The second kappa shape index (κ2) is 5.39. The van der Waals surface area contributed by atoms with Crippen LogP contribution in [0.25, 0.3) is 0 Å². The van der Waals surface area contributed by atoms with Crippen LogP contribution in [0.15, 0.2) is 45.8 Å². The minimum atomic E-state index is -4.03. The lowest BCUT2D eigenvalue weighted by Crippen LogP contribution is -2.13. The zero-order chi connectivity index (χ0) is 14.9. The molecule has 0 aromatic heterocycles. The van der Waals surface area contributed by atoms with Crippen molar-refractivity contribution in [3.63, 3.8) is 0 Å². The van der Waals surface area contributed by atoms with E-state index >= 15 is 0 Å². The number of rotatable bonds is 3. The summed E-state index contributed by atoms with van der Waals surface area (Å²) in [5.41, 5.74) is 5.72. The van der Waals surface area contributed by atoms with Crippen LogP contribution in [0.5, 0.6) is 11.5 Å². The minimum absolute atomic E-state index is 0.0945. The maximum atomic E-state index is 13.7. The van der Waals surface area contributed by atoms with E-state index in [1.54, 1.807) is 6.07 Å². The summed E-state index contributed by atoms with van der Waals surface area (Å²) in [6, 6.07) is 8.02.